The Kier molecular flexibility index (Phi) is 5.98. The average molecular weight is 468 g/mol. The Hall–Kier alpha value is -3.06. The summed E-state index contributed by atoms with van der Waals surface area (Å²) in [5, 5.41) is 6.77. The molecule has 0 radical (unpaired) electrons. The van der Waals surface area contributed by atoms with Crippen molar-refractivity contribution in [2.45, 2.75) is 38.1 Å². The molecule has 1 fully saturated rings. The lowest BCUT2D eigenvalue weighted by Gasteiger charge is -2.26. The van der Waals surface area contributed by atoms with Gasteiger partial charge in [0.05, 0.1) is 11.8 Å². The first-order valence-electron chi connectivity index (χ1n) is 11.3. The Bertz CT molecular complexity index is 1110. The summed E-state index contributed by atoms with van der Waals surface area (Å²) in [5.74, 6) is 1.17. The fourth-order valence-corrected chi connectivity index (χ4v) is 5.06. The molecule has 2 aromatic rings. The SMILES string of the molecule is CN(CC(=O)N1N=C(c2ccccc2Cl)C[C@H]1c1ccc2c(c1)OCO2)C(=O)C1CCCC1. The van der Waals surface area contributed by atoms with Crippen LogP contribution >= 0.6 is 11.6 Å². The highest BCUT2D eigenvalue weighted by atomic mass is 35.5. The van der Waals surface area contributed by atoms with Crippen LogP contribution in [0.25, 0.3) is 0 Å². The predicted octanol–water partition coefficient (Wildman–Crippen LogP) is 4.40. The first-order chi connectivity index (χ1) is 16.0. The number of carbonyl (C=O) groups is 2. The molecule has 7 nitrogen and oxygen atoms in total. The van der Waals surface area contributed by atoms with E-state index in [2.05, 4.69) is 5.10 Å². The quantitative estimate of drug-likeness (QED) is 0.653. The molecular weight excluding hydrogens is 442 g/mol. The number of hydrogen-bond acceptors (Lipinski definition) is 5. The lowest BCUT2D eigenvalue weighted by atomic mass is 9.98. The van der Waals surface area contributed by atoms with E-state index in [0.29, 0.717) is 22.9 Å². The van der Waals surface area contributed by atoms with Crippen molar-refractivity contribution in [1.82, 2.24) is 9.91 Å². The Morgan fingerprint density at radius 2 is 1.88 bits per heavy atom. The van der Waals surface area contributed by atoms with Gasteiger partial charge in [-0.1, -0.05) is 48.7 Å². The number of ether oxygens (including phenoxy) is 2. The zero-order chi connectivity index (χ0) is 22.9. The van der Waals surface area contributed by atoms with E-state index in [1.165, 1.54) is 9.91 Å². The monoisotopic (exact) mass is 467 g/mol. The Balaban J connectivity index is 1.42. The smallest absolute Gasteiger partial charge is 0.262 e. The number of fused-ring (bicyclic) bond motifs is 1. The molecule has 0 aromatic heterocycles. The molecule has 0 spiro atoms. The number of carbonyl (C=O) groups excluding carboxylic acids is 2. The van der Waals surface area contributed by atoms with Crippen LogP contribution in [0.1, 0.15) is 49.3 Å². The lowest BCUT2D eigenvalue weighted by molar-refractivity contribution is -0.142. The first kappa shape index (κ1) is 21.8. The van der Waals surface area contributed by atoms with Gasteiger partial charge in [0.2, 0.25) is 12.7 Å². The molecule has 0 unspecified atom stereocenters. The van der Waals surface area contributed by atoms with E-state index in [4.69, 9.17) is 21.1 Å². The van der Waals surface area contributed by atoms with Gasteiger partial charge in [0, 0.05) is 30.0 Å². The Labute approximate surface area is 197 Å². The summed E-state index contributed by atoms with van der Waals surface area (Å²) in [6, 6.07) is 12.8. The fraction of sp³-hybridized carbons (Fsp3) is 0.400. The molecule has 33 heavy (non-hydrogen) atoms. The highest BCUT2D eigenvalue weighted by Gasteiger charge is 2.36. The number of hydrazone groups is 1. The zero-order valence-electron chi connectivity index (χ0n) is 18.5. The minimum atomic E-state index is -0.326. The van der Waals surface area contributed by atoms with Crippen molar-refractivity contribution in [2.75, 3.05) is 20.4 Å². The molecule has 172 valence electrons. The highest BCUT2D eigenvalue weighted by molar-refractivity contribution is 6.34. The number of rotatable bonds is 5. The maximum atomic E-state index is 13.4. The summed E-state index contributed by atoms with van der Waals surface area (Å²) in [5.41, 5.74) is 2.43. The molecule has 2 amide bonds. The van der Waals surface area contributed by atoms with Crippen molar-refractivity contribution in [3.05, 3.63) is 58.6 Å². The van der Waals surface area contributed by atoms with E-state index < -0.39 is 0 Å². The minimum Gasteiger partial charge on any atom is -0.454 e. The van der Waals surface area contributed by atoms with Gasteiger partial charge in [-0.15, -0.1) is 0 Å². The summed E-state index contributed by atoms with van der Waals surface area (Å²) in [6.07, 6.45) is 4.45. The third kappa shape index (κ3) is 4.29. The van der Waals surface area contributed by atoms with E-state index in [-0.39, 0.29) is 37.1 Å². The van der Waals surface area contributed by atoms with Gasteiger partial charge in [-0.3, -0.25) is 9.59 Å². The Morgan fingerprint density at radius 1 is 1.12 bits per heavy atom. The number of benzene rings is 2. The van der Waals surface area contributed by atoms with Crippen molar-refractivity contribution in [3.63, 3.8) is 0 Å². The van der Waals surface area contributed by atoms with E-state index in [9.17, 15) is 9.59 Å². The second-order valence-electron chi connectivity index (χ2n) is 8.77. The molecular formula is C25H26ClN3O4. The van der Waals surface area contributed by atoms with Crippen LogP contribution in [-0.4, -0.2) is 47.8 Å². The van der Waals surface area contributed by atoms with Crippen LogP contribution in [0.15, 0.2) is 47.6 Å². The fourth-order valence-electron chi connectivity index (χ4n) is 4.82. The van der Waals surface area contributed by atoms with Gasteiger partial charge in [0.1, 0.15) is 6.54 Å². The second-order valence-corrected chi connectivity index (χ2v) is 9.18. The van der Waals surface area contributed by atoms with Crippen molar-refractivity contribution in [1.29, 1.82) is 0 Å². The van der Waals surface area contributed by atoms with Crippen LogP contribution in [0.3, 0.4) is 0 Å². The van der Waals surface area contributed by atoms with Gasteiger partial charge in [0.15, 0.2) is 11.5 Å². The van der Waals surface area contributed by atoms with Crippen molar-refractivity contribution in [2.24, 2.45) is 11.0 Å². The number of nitrogens with zero attached hydrogens (tertiary/aromatic N) is 3. The normalized spacial score (nSPS) is 19.6. The second kappa shape index (κ2) is 9.06. The number of halogens is 1. The third-order valence-electron chi connectivity index (χ3n) is 6.59. The molecule has 0 saturated heterocycles. The third-order valence-corrected chi connectivity index (χ3v) is 6.91. The van der Waals surface area contributed by atoms with Crippen molar-refractivity contribution >= 4 is 29.1 Å². The maximum absolute atomic E-state index is 13.4. The molecule has 3 aliphatic rings. The number of amides is 2. The molecule has 1 saturated carbocycles. The predicted molar refractivity (Wildman–Crippen MR) is 124 cm³/mol. The molecule has 0 N–H and O–H groups in total. The summed E-state index contributed by atoms with van der Waals surface area (Å²) in [6.45, 7) is 0.164. The van der Waals surface area contributed by atoms with E-state index in [1.54, 1.807) is 7.05 Å². The number of likely N-dealkylation sites (N-methyl/N-ethyl adjacent to an activating group) is 1. The van der Waals surface area contributed by atoms with Crippen LogP contribution < -0.4 is 9.47 Å². The van der Waals surface area contributed by atoms with Gasteiger partial charge in [-0.25, -0.2) is 5.01 Å². The Morgan fingerprint density at radius 3 is 2.67 bits per heavy atom. The molecule has 2 aliphatic heterocycles. The van der Waals surface area contributed by atoms with Gasteiger partial charge in [-0.05, 0) is 36.6 Å². The van der Waals surface area contributed by atoms with Crippen LogP contribution in [-0.2, 0) is 9.59 Å². The van der Waals surface area contributed by atoms with Crippen LogP contribution in [0.2, 0.25) is 5.02 Å². The highest BCUT2D eigenvalue weighted by Crippen LogP contribution is 2.40. The number of hydrogen-bond donors (Lipinski definition) is 0. The van der Waals surface area contributed by atoms with Gasteiger partial charge >= 0.3 is 0 Å². The molecule has 5 rings (SSSR count). The average Bonchev–Trinajstić information content (AvgIpc) is 3.58. The topological polar surface area (TPSA) is 71.4 Å². The largest absolute Gasteiger partial charge is 0.454 e. The van der Waals surface area contributed by atoms with E-state index in [1.807, 2.05) is 42.5 Å². The van der Waals surface area contributed by atoms with Crippen LogP contribution in [0.4, 0.5) is 0 Å². The molecule has 1 aliphatic carbocycles. The van der Waals surface area contributed by atoms with E-state index in [0.717, 1.165) is 42.5 Å². The standard InChI is InChI=1S/C25H26ClN3O4/c1-28(25(31)16-6-2-3-7-16)14-24(30)29-21(17-10-11-22-23(12-17)33-15-32-22)13-20(27-29)18-8-4-5-9-19(18)26/h4-5,8-12,16,21H,2-3,6-7,13-15H2,1H3/t21-/m0/s1. The van der Waals surface area contributed by atoms with Crippen molar-refractivity contribution < 1.29 is 19.1 Å². The minimum absolute atomic E-state index is 0.0182. The summed E-state index contributed by atoms with van der Waals surface area (Å²) < 4.78 is 11.0. The van der Waals surface area contributed by atoms with Crippen LogP contribution in [0.5, 0.6) is 11.5 Å². The molecule has 1 atom stereocenters. The zero-order valence-corrected chi connectivity index (χ0v) is 19.3. The molecule has 0 bridgehead atoms. The molecule has 8 heteroatoms. The summed E-state index contributed by atoms with van der Waals surface area (Å²) in [4.78, 5) is 27.7. The van der Waals surface area contributed by atoms with Gasteiger partial charge < -0.3 is 14.4 Å². The van der Waals surface area contributed by atoms with E-state index >= 15 is 0 Å². The van der Waals surface area contributed by atoms with Crippen LogP contribution in [0, 0.1) is 5.92 Å². The maximum Gasteiger partial charge on any atom is 0.262 e. The summed E-state index contributed by atoms with van der Waals surface area (Å²) >= 11 is 6.43. The van der Waals surface area contributed by atoms with Crippen molar-refractivity contribution in [3.8, 4) is 11.5 Å². The first-order valence-corrected chi connectivity index (χ1v) is 11.7. The molecule has 2 heterocycles. The molecule has 2 aromatic carbocycles. The summed E-state index contributed by atoms with van der Waals surface area (Å²) in [7, 11) is 1.70. The van der Waals surface area contributed by atoms with Gasteiger partial charge in [0.25, 0.3) is 5.91 Å². The van der Waals surface area contributed by atoms with Gasteiger partial charge in [-0.2, -0.15) is 5.10 Å². The lowest BCUT2D eigenvalue weighted by Crippen LogP contribution is -2.41.